The fraction of sp³-hybridized carbons (Fsp3) is 1.00. The smallest absolute Gasteiger partial charge is 0.0540 e. The Morgan fingerprint density at radius 1 is 0.184 bits per heavy atom. The van der Waals surface area contributed by atoms with Crippen molar-refractivity contribution >= 4 is 0 Å². The van der Waals surface area contributed by atoms with Crippen molar-refractivity contribution in [3.05, 3.63) is 0 Å². The zero-order chi connectivity index (χ0) is 35.4. The molecule has 0 saturated carbocycles. The molecule has 0 aliphatic heterocycles. The lowest BCUT2D eigenvalue weighted by Crippen LogP contribution is -2.05. The summed E-state index contributed by atoms with van der Waals surface area (Å²) in [5.74, 6) is 0. The summed E-state index contributed by atoms with van der Waals surface area (Å²) in [6, 6.07) is 0. The first-order valence-corrected chi connectivity index (χ1v) is 23.2. The van der Waals surface area contributed by atoms with Gasteiger partial charge in [0.25, 0.3) is 0 Å². The van der Waals surface area contributed by atoms with E-state index in [9.17, 15) is 5.11 Å². The van der Waals surface area contributed by atoms with Gasteiger partial charge in [-0.3, -0.25) is 0 Å². The Kier molecular flexibility index (Phi) is 45.8. The number of hydrogen-bond donors (Lipinski definition) is 3. The van der Waals surface area contributed by atoms with Crippen LogP contribution in [0.2, 0.25) is 0 Å². The second kappa shape index (κ2) is 45.9. The molecule has 3 heteroatoms. The summed E-state index contributed by atoms with van der Waals surface area (Å²) in [6.45, 7) is 0.727. The van der Waals surface area contributed by atoms with Crippen LogP contribution in [0.1, 0.15) is 276 Å². The van der Waals surface area contributed by atoms with Crippen LogP contribution in [0.4, 0.5) is 0 Å². The highest BCUT2D eigenvalue weighted by molar-refractivity contribution is 4.58. The summed E-state index contributed by atoms with van der Waals surface area (Å²) >= 11 is 0. The standard InChI is InChI=1S/C46H94O3/c47-44-40-36-32-28-24-20-16-14-12-10-8-6-4-2-1-3-5-7-9-11-13-15-18-22-26-30-34-38-42-46(49)43-39-35-31-27-23-19-17-21-25-29-33-37-41-45-48/h46-49H,1-45H2. The monoisotopic (exact) mass is 695 g/mol. The Balaban J connectivity index is 3.12. The molecule has 0 aliphatic rings. The van der Waals surface area contributed by atoms with Crippen molar-refractivity contribution in [1.29, 1.82) is 0 Å². The SMILES string of the molecule is OCCCCCCCCCCCCCCCCCCCCCCCCCCCCCCC(O)CCCCCCCCCCCCCCCO. The van der Waals surface area contributed by atoms with E-state index in [0.29, 0.717) is 13.2 Å². The van der Waals surface area contributed by atoms with Gasteiger partial charge in [-0.15, -0.1) is 0 Å². The molecule has 0 amide bonds. The average Bonchev–Trinajstić information content (AvgIpc) is 3.11. The van der Waals surface area contributed by atoms with Crippen molar-refractivity contribution in [2.24, 2.45) is 0 Å². The van der Waals surface area contributed by atoms with Gasteiger partial charge in [0.05, 0.1) is 6.10 Å². The topological polar surface area (TPSA) is 60.7 Å². The van der Waals surface area contributed by atoms with Gasteiger partial charge in [0.15, 0.2) is 0 Å². The summed E-state index contributed by atoms with van der Waals surface area (Å²) in [7, 11) is 0. The number of rotatable bonds is 45. The third kappa shape index (κ3) is 45.9. The van der Waals surface area contributed by atoms with E-state index in [2.05, 4.69) is 0 Å². The third-order valence-corrected chi connectivity index (χ3v) is 11.1. The molecule has 49 heavy (non-hydrogen) atoms. The minimum Gasteiger partial charge on any atom is -0.396 e. The second-order valence-electron chi connectivity index (χ2n) is 16.2. The molecule has 0 rings (SSSR count). The molecule has 3 nitrogen and oxygen atoms in total. The molecule has 0 aromatic carbocycles. The molecular formula is C46H94O3. The molecule has 1 unspecified atom stereocenters. The second-order valence-corrected chi connectivity index (χ2v) is 16.2. The van der Waals surface area contributed by atoms with Crippen molar-refractivity contribution in [2.75, 3.05) is 13.2 Å². The van der Waals surface area contributed by atoms with Crippen molar-refractivity contribution in [3.63, 3.8) is 0 Å². The lowest BCUT2D eigenvalue weighted by atomic mass is 10.0. The quantitative estimate of drug-likeness (QED) is 0.0556. The predicted molar refractivity (Wildman–Crippen MR) is 219 cm³/mol. The number of aliphatic hydroxyl groups is 3. The fourth-order valence-corrected chi connectivity index (χ4v) is 7.67. The maximum Gasteiger partial charge on any atom is 0.0540 e. The molecular weight excluding hydrogens is 601 g/mol. The largest absolute Gasteiger partial charge is 0.396 e. The lowest BCUT2D eigenvalue weighted by molar-refractivity contribution is 0.147. The summed E-state index contributed by atoms with van der Waals surface area (Å²) in [5, 5.41) is 27.9. The van der Waals surface area contributed by atoms with Gasteiger partial charge in [-0.2, -0.15) is 0 Å². The third-order valence-electron chi connectivity index (χ3n) is 11.1. The van der Waals surface area contributed by atoms with E-state index in [0.717, 1.165) is 25.7 Å². The van der Waals surface area contributed by atoms with Crippen LogP contribution in [0.5, 0.6) is 0 Å². The van der Waals surface area contributed by atoms with Gasteiger partial charge in [0, 0.05) is 13.2 Å². The first-order chi connectivity index (χ1) is 24.3. The summed E-state index contributed by atoms with van der Waals surface area (Å²) in [6.07, 6.45) is 58.2. The zero-order valence-electron chi connectivity index (χ0n) is 33.7. The highest BCUT2D eigenvalue weighted by Crippen LogP contribution is 2.18. The molecule has 1 atom stereocenters. The van der Waals surface area contributed by atoms with Crippen LogP contribution in [-0.2, 0) is 0 Å². The predicted octanol–water partition coefficient (Wildman–Crippen LogP) is 15.1. The molecule has 0 heterocycles. The lowest BCUT2D eigenvalue weighted by Gasteiger charge is -2.10. The van der Waals surface area contributed by atoms with Crippen LogP contribution in [0.15, 0.2) is 0 Å². The van der Waals surface area contributed by atoms with E-state index in [1.54, 1.807) is 0 Å². The van der Waals surface area contributed by atoms with Crippen LogP contribution in [-0.4, -0.2) is 34.6 Å². The van der Waals surface area contributed by atoms with Crippen LogP contribution in [0.3, 0.4) is 0 Å². The van der Waals surface area contributed by atoms with Crippen molar-refractivity contribution < 1.29 is 15.3 Å². The van der Waals surface area contributed by atoms with Crippen molar-refractivity contribution in [3.8, 4) is 0 Å². The normalized spacial score (nSPS) is 12.3. The molecule has 296 valence electrons. The molecule has 3 N–H and O–H groups in total. The first-order valence-electron chi connectivity index (χ1n) is 23.2. The van der Waals surface area contributed by atoms with E-state index in [-0.39, 0.29) is 6.10 Å². The minimum absolute atomic E-state index is 0.0536. The van der Waals surface area contributed by atoms with Crippen LogP contribution < -0.4 is 0 Å². The van der Waals surface area contributed by atoms with Crippen LogP contribution in [0, 0.1) is 0 Å². The summed E-state index contributed by atoms with van der Waals surface area (Å²) in [5.41, 5.74) is 0. The Bertz CT molecular complexity index is 552. The number of aliphatic hydroxyl groups excluding tert-OH is 3. The molecule has 0 saturated heterocycles. The molecule has 0 aromatic rings. The maximum atomic E-state index is 10.3. The van der Waals surface area contributed by atoms with Gasteiger partial charge in [-0.05, 0) is 25.7 Å². The zero-order valence-corrected chi connectivity index (χ0v) is 33.7. The van der Waals surface area contributed by atoms with Gasteiger partial charge >= 0.3 is 0 Å². The summed E-state index contributed by atoms with van der Waals surface area (Å²) < 4.78 is 0. The van der Waals surface area contributed by atoms with Gasteiger partial charge in [-0.1, -0.05) is 250 Å². The van der Waals surface area contributed by atoms with Crippen LogP contribution >= 0.6 is 0 Å². The molecule has 0 spiro atoms. The van der Waals surface area contributed by atoms with Crippen molar-refractivity contribution in [1.82, 2.24) is 0 Å². The number of unbranched alkanes of at least 4 members (excludes halogenated alkanes) is 39. The molecule has 0 fully saturated rings. The molecule has 0 bridgehead atoms. The van der Waals surface area contributed by atoms with Crippen LogP contribution in [0.25, 0.3) is 0 Å². The van der Waals surface area contributed by atoms with E-state index < -0.39 is 0 Å². The Labute approximate surface area is 310 Å². The van der Waals surface area contributed by atoms with E-state index in [1.165, 1.54) is 250 Å². The number of hydrogen-bond acceptors (Lipinski definition) is 3. The maximum absolute atomic E-state index is 10.3. The van der Waals surface area contributed by atoms with Gasteiger partial charge < -0.3 is 15.3 Å². The van der Waals surface area contributed by atoms with Gasteiger partial charge in [-0.25, -0.2) is 0 Å². The van der Waals surface area contributed by atoms with E-state index in [1.807, 2.05) is 0 Å². The van der Waals surface area contributed by atoms with E-state index >= 15 is 0 Å². The summed E-state index contributed by atoms with van der Waals surface area (Å²) in [4.78, 5) is 0. The Morgan fingerprint density at radius 3 is 0.449 bits per heavy atom. The minimum atomic E-state index is -0.0536. The van der Waals surface area contributed by atoms with Gasteiger partial charge in [0.1, 0.15) is 0 Å². The first kappa shape index (κ1) is 48.9. The average molecular weight is 695 g/mol. The molecule has 0 aromatic heterocycles. The highest BCUT2D eigenvalue weighted by Gasteiger charge is 2.04. The molecule has 0 radical (unpaired) electrons. The van der Waals surface area contributed by atoms with Gasteiger partial charge in [0.2, 0.25) is 0 Å². The van der Waals surface area contributed by atoms with Crippen molar-refractivity contribution in [2.45, 2.75) is 282 Å². The van der Waals surface area contributed by atoms with E-state index in [4.69, 9.17) is 10.2 Å². The molecule has 0 aliphatic carbocycles. The Hall–Kier alpha value is -0.120. The highest BCUT2D eigenvalue weighted by atomic mass is 16.3. The Morgan fingerprint density at radius 2 is 0.306 bits per heavy atom. The fourth-order valence-electron chi connectivity index (χ4n) is 7.67.